The van der Waals surface area contributed by atoms with Crippen LogP contribution in [0, 0.1) is 6.92 Å². The summed E-state index contributed by atoms with van der Waals surface area (Å²) >= 11 is 1.21. The van der Waals surface area contributed by atoms with Gasteiger partial charge in [0, 0.05) is 25.5 Å². The minimum absolute atomic E-state index is 0.0344. The van der Waals surface area contributed by atoms with Gasteiger partial charge in [-0.1, -0.05) is 0 Å². The van der Waals surface area contributed by atoms with Crippen molar-refractivity contribution < 1.29 is 14.3 Å². The zero-order chi connectivity index (χ0) is 16.9. The molecule has 126 valence electrons. The molecule has 24 heavy (non-hydrogen) atoms. The van der Waals surface area contributed by atoms with Crippen molar-refractivity contribution in [3.63, 3.8) is 0 Å². The molecular formula is C15H17N5O3S. The molecule has 0 unspecified atom stereocenters. The van der Waals surface area contributed by atoms with E-state index in [1.165, 1.54) is 11.3 Å². The number of carbonyl (C=O) groups is 2. The molecular weight excluding hydrogens is 330 g/mol. The molecule has 0 radical (unpaired) electrons. The van der Waals surface area contributed by atoms with Gasteiger partial charge in [0.25, 0.3) is 5.91 Å². The minimum atomic E-state index is -0.311. The molecule has 0 bridgehead atoms. The highest BCUT2D eigenvalue weighted by Gasteiger charge is 2.20. The summed E-state index contributed by atoms with van der Waals surface area (Å²) in [6.45, 7) is 3.91. The number of amides is 2. The number of morpholine rings is 1. The molecule has 1 fully saturated rings. The number of aryl methyl sites for hydroxylation is 1. The van der Waals surface area contributed by atoms with Crippen LogP contribution in [0.3, 0.4) is 0 Å². The highest BCUT2D eigenvalue weighted by Crippen LogP contribution is 2.24. The Morgan fingerprint density at radius 3 is 2.71 bits per heavy atom. The van der Waals surface area contributed by atoms with Crippen molar-refractivity contribution in [3.8, 4) is 10.8 Å². The van der Waals surface area contributed by atoms with Gasteiger partial charge in [-0.15, -0.1) is 11.3 Å². The maximum atomic E-state index is 12.3. The topological polar surface area (TPSA) is 97.3 Å². The quantitative estimate of drug-likeness (QED) is 0.865. The highest BCUT2D eigenvalue weighted by molar-refractivity contribution is 7.17. The molecule has 3 heterocycles. The van der Waals surface area contributed by atoms with Gasteiger partial charge in [-0.05, 0) is 13.0 Å². The maximum Gasteiger partial charge on any atom is 0.263 e. The standard InChI is InChI=1S/C15H17N5O3S/c1-10-12(24-15(19-10)13-16-3-2-4-17-13)14(22)18-9-11(21)20-5-7-23-8-6-20/h2-4H,5-9H2,1H3,(H,18,22). The van der Waals surface area contributed by atoms with E-state index in [1.54, 1.807) is 30.3 Å². The van der Waals surface area contributed by atoms with E-state index in [-0.39, 0.29) is 18.4 Å². The number of hydrogen-bond donors (Lipinski definition) is 1. The molecule has 1 saturated heterocycles. The Morgan fingerprint density at radius 2 is 2.00 bits per heavy atom. The van der Waals surface area contributed by atoms with Crippen LogP contribution in [-0.4, -0.2) is 64.5 Å². The Kier molecular flexibility index (Phi) is 5.11. The van der Waals surface area contributed by atoms with Crippen LogP contribution in [0.15, 0.2) is 18.5 Å². The lowest BCUT2D eigenvalue weighted by atomic mass is 10.3. The van der Waals surface area contributed by atoms with Gasteiger partial charge in [0.1, 0.15) is 4.88 Å². The maximum absolute atomic E-state index is 12.3. The summed E-state index contributed by atoms with van der Waals surface area (Å²) in [5, 5.41) is 3.24. The Bertz CT molecular complexity index is 728. The molecule has 3 rings (SSSR count). The summed E-state index contributed by atoms with van der Waals surface area (Å²) in [4.78, 5) is 39.1. The Hall–Kier alpha value is -2.39. The lowest BCUT2D eigenvalue weighted by Gasteiger charge is -2.26. The second kappa shape index (κ2) is 7.45. The first-order valence-electron chi connectivity index (χ1n) is 7.53. The summed E-state index contributed by atoms with van der Waals surface area (Å²) < 4.78 is 5.21. The monoisotopic (exact) mass is 347 g/mol. The van der Waals surface area contributed by atoms with Gasteiger partial charge in [0.05, 0.1) is 25.5 Å². The second-order valence-corrected chi connectivity index (χ2v) is 6.18. The summed E-state index contributed by atoms with van der Waals surface area (Å²) in [6.07, 6.45) is 3.25. The average Bonchev–Trinajstić information content (AvgIpc) is 3.03. The Balaban J connectivity index is 1.63. The lowest BCUT2D eigenvalue weighted by Crippen LogP contribution is -2.45. The van der Waals surface area contributed by atoms with E-state index in [0.29, 0.717) is 47.7 Å². The predicted octanol–water partition coefficient (Wildman–Crippen LogP) is 0.497. The van der Waals surface area contributed by atoms with E-state index in [9.17, 15) is 9.59 Å². The van der Waals surface area contributed by atoms with Gasteiger partial charge in [-0.3, -0.25) is 9.59 Å². The normalized spacial score (nSPS) is 14.5. The zero-order valence-electron chi connectivity index (χ0n) is 13.2. The fraction of sp³-hybridized carbons (Fsp3) is 0.400. The third-order valence-electron chi connectivity index (χ3n) is 3.52. The van der Waals surface area contributed by atoms with Crippen LogP contribution >= 0.6 is 11.3 Å². The van der Waals surface area contributed by atoms with Crippen molar-refractivity contribution in [2.24, 2.45) is 0 Å². The molecule has 0 atom stereocenters. The van der Waals surface area contributed by atoms with Crippen molar-refractivity contribution in [1.82, 2.24) is 25.2 Å². The second-order valence-electron chi connectivity index (χ2n) is 5.18. The van der Waals surface area contributed by atoms with Crippen LogP contribution in [0.25, 0.3) is 10.8 Å². The van der Waals surface area contributed by atoms with Crippen molar-refractivity contribution in [1.29, 1.82) is 0 Å². The first-order valence-corrected chi connectivity index (χ1v) is 8.35. The van der Waals surface area contributed by atoms with Gasteiger partial charge in [-0.2, -0.15) is 0 Å². The van der Waals surface area contributed by atoms with Crippen LogP contribution in [0.5, 0.6) is 0 Å². The van der Waals surface area contributed by atoms with Crippen molar-refractivity contribution in [2.45, 2.75) is 6.92 Å². The third kappa shape index (κ3) is 3.74. The first kappa shape index (κ1) is 16.5. The van der Waals surface area contributed by atoms with E-state index >= 15 is 0 Å². The van der Waals surface area contributed by atoms with Gasteiger partial charge in [-0.25, -0.2) is 15.0 Å². The molecule has 2 aromatic heterocycles. The van der Waals surface area contributed by atoms with E-state index in [4.69, 9.17) is 4.74 Å². The summed E-state index contributed by atoms with van der Waals surface area (Å²) in [5.41, 5.74) is 0.596. The number of carbonyl (C=O) groups excluding carboxylic acids is 2. The van der Waals surface area contributed by atoms with Crippen molar-refractivity contribution in [3.05, 3.63) is 29.0 Å². The highest BCUT2D eigenvalue weighted by atomic mass is 32.1. The molecule has 1 aliphatic rings. The summed E-state index contributed by atoms with van der Waals surface area (Å²) in [6, 6.07) is 1.72. The minimum Gasteiger partial charge on any atom is -0.378 e. The number of thiazole rings is 1. The van der Waals surface area contributed by atoms with Crippen molar-refractivity contribution >= 4 is 23.2 Å². The Morgan fingerprint density at radius 1 is 1.29 bits per heavy atom. The van der Waals surface area contributed by atoms with Gasteiger partial charge < -0.3 is 15.0 Å². The number of hydrogen-bond acceptors (Lipinski definition) is 7. The molecule has 0 aromatic carbocycles. The van der Waals surface area contributed by atoms with Gasteiger partial charge >= 0.3 is 0 Å². The van der Waals surface area contributed by atoms with Crippen LogP contribution in [0.4, 0.5) is 0 Å². The number of rotatable bonds is 4. The van der Waals surface area contributed by atoms with Gasteiger partial charge in [0.15, 0.2) is 10.8 Å². The van der Waals surface area contributed by atoms with Crippen LogP contribution in [0.1, 0.15) is 15.4 Å². The molecule has 0 spiro atoms. The molecule has 9 heteroatoms. The van der Waals surface area contributed by atoms with Crippen LogP contribution in [0.2, 0.25) is 0 Å². The largest absolute Gasteiger partial charge is 0.378 e. The van der Waals surface area contributed by atoms with E-state index in [1.807, 2.05) is 0 Å². The number of aromatic nitrogens is 3. The van der Waals surface area contributed by atoms with Crippen LogP contribution in [-0.2, 0) is 9.53 Å². The van der Waals surface area contributed by atoms with Crippen LogP contribution < -0.4 is 5.32 Å². The number of nitrogens with zero attached hydrogens (tertiary/aromatic N) is 4. The molecule has 0 aliphatic carbocycles. The molecule has 1 aliphatic heterocycles. The molecule has 1 N–H and O–H groups in total. The predicted molar refractivity (Wildman–Crippen MR) is 87.6 cm³/mol. The number of ether oxygens (including phenoxy) is 1. The smallest absolute Gasteiger partial charge is 0.263 e. The fourth-order valence-corrected chi connectivity index (χ4v) is 3.20. The fourth-order valence-electron chi connectivity index (χ4n) is 2.27. The molecule has 0 saturated carbocycles. The Labute approximate surface area is 142 Å². The molecule has 2 aromatic rings. The van der Waals surface area contributed by atoms with Crippen molar-refractivity contribution in [2.75, 3.05) is 32.8 Å². The molecule has 2 amide bonds. The van der Waals surface area contributed by atoms with E-state index < -0.39 is 0 Å². The first-order chi connectivity index (χ1) is 11.6. The van der Waals surface area contributed by atoms with E-state index in [2.05, 4.69) is 20.3 Å². The lowest BCUT2D eigenvalue weighted by molar-refractivity contribution is -0.134. The van der Waals surface area contributed by atoms with E-state index in [0.717, 1.165) is 0 Å². The summed E-state index contributed by atoms with van der Waals surface area (Å²) in [7, 11) is 0. The number of nitrogens with one attached hydrogen (secondary N) is 1. The zero-order valence-corrected chi connectivity index (χ0v) is 14.0. The molecule has 8 nitrogen and oxygen atoms in total. The third-order valence-corrected chi connectivity index (χ3v) is 4.68. The summed E-state index contributed by atoms with van der Waals surface area (Å²) in [5.74, 6) is 0.0586. The SMILES string of the molecule is Cc1nc(-c2ncccn2)sc1C(=O)NCC(=O)N1CCOCC1. The average molecular weight is 347 g/mol. The van der Waals surface area contributed by atoms with Gasteiger partial charge in [0.2, 0.25) is 5.91 Å².